The molecule has 0 radical (unpaired) electrons. The molecule has 1 unspecified atom stereocenters. The largest absolute Gasteiger partial charge is 0.310 e. The van der Waals surface area contributed by atoms with E-state index in [0.29, 0.717) is 6.04 Å². The number of unbranched alkanes of at least 4 members (excludes halogenated alkanes) is 2. The second-order valence-corrected chi connectivity index (χ2v) is 4.33. The minimum Gasteiger partial charge on any atom is -0.310 e. The third kappa shape index (κ3) is 4.70. The molecule has 1 nitrogen and oxygen atoms in total. The third-order valence-corrected chi connectivity index (χ3v) is 2.82. The van der Waals surface area contributed by atoms with E-state index in [0.717, 1.165) is 30.8 Å². The number of rotatable bonds is 6. The Bertz CT molecular complexity index is 337. The molecule has 1 aromatic rings. The van der Waals surface area contributed by atoms with Gasteiger partial charge in [-0.1, -0.05) is 23.7 Å². The summed E-state index contributed by atoms with van der Waals surface area (Å²) in [7, 11) is 0. The van der Waals surface area contributed by atoms with Gasteiger partial charge in [-0.2, -0.15) is 0 Å². The maximum Gasteiger partial charge on any atom is 0.0406 e. The van der Waals surface area contributed by atoms with Crippen LogP contribution in [0.25, 0.3) is 0 Å². The van der Waals surface area contributed by atoms with Crippen LogP contribution in [-0.2, 0) is 0 Å². The zero-order valence-electron chi connectivity index (χ0n) is 9.67. The number of hydrogen-bond acceptors (Lipinski definition) is 1. The van der Waals surface area contributed by atoms with E-state index < -0.39 is 0 Å². The predicted octanol–water partition coefficient (Wildman–Crippen LogP) is 3.79. The Morgan fingerprint density at radius 2 is 2.00 bits per heavy atom. The first-order valence-electron chi connectivity index (χ1n) is 5.66. The molecule has 1 atom stereocenters. The standard InChI is InChI=1S/C14H18ClN/c1-3-4-5-6-11-16-12(2)13-7-9-14(15)10-8-13/h1,7-10,12,16H,4-6,11H2,2H3. The van der Waals surface area contributed by atoms with Crippen LogP contribution >= 0.6 is 11.6 Å². The molecule has 0 aromatic heterocycles. The Balaban J connectivity index is 2.27. The molecule has 0 heterocycles. The summed E-state index contributed by atoms with van der Waals surface area (Å²) in [5.41, 5.74) is 1.27. The SMILES string of the molecule is C#CCCCCNC(C)c1ccc(Cl)cc1. The molecule has 0 bridgehead atoms. The van der Waals surface area contributed by atoms with E-state index in [1.165, 1.54) is 5.56 Å². The molecule has 0 amide bonds. The van der Waals surface area contributed by atoms with E-state index in [2.05, 4.69) is 30.3 Å². The van der Waals surface area contributed by atoms with E-state index in [9.17, 15) is 0 Å². The normalized spacial score (nSPS) is 12.1. The van der Waals surface area contributed by atoms with Crippen molar-refractivity contribution in [1.29, 1.82) is 0 Å². The summed E-state index contributed by atoms with van der Waals surface area (Å²) in [6, 6.07) is 8.33. The Morgan fingerprint density at radius 3 is 2.62 bits per heavy atom. The van der Waals surface area contributed by atoms with Crippen molar-refractivity contribution < 1.29 is 0 Å². The van der Waals surface area contributed by atoms with Crippen molar-refractivity contribution in [1.82, 2.24) is 5.32 Å². The van der Waals surface area contributed by atoms with Crippen LogP contribution in [0.15, 0.2) is 24.3 Å². The Hall–Kier alpha value is -0.970. The highest BCUT2D eigenvalue weighted by Crippen LogP contribution is 2.15. The zero-order chi connectivity index (χ0) is 11.8. The smallest absolute Gasteiger partial charge is 0.0406 e. The molecule has 0 fully saturated rings. The Morgan fingerprint density at radius 1 is 1.31 bits per heavy atom. The quantitative estimate of drug-likeness (QED) is 0.584. The van der Waals surface area contributed by atoms with Gasteiger partial charge >= 0.3 is 0 Å². The monoisotopic (exact) mass is 235 g/mol. The summed E-state index contributed by atoms with van der Waals surface area (Å²) in [6.07, 6.45) is 8.29. The lowest BCUT2D eigenvalue weighted by Gasteiger charge is -2.13. The molecule has 0 saturated carbocycles. The van der Waals surface area contributed by atoms with E-state index >= 15 is 0 Å². The average molecular weight is 236 g/mol. The number of nitrogens with one attached hydrogen (secondary N) is 1. The summed E-state index contributed by atoms with van der Waals surface area (Å²) < 4.78 is 0. The highest BCUT2D eigenvalue weighted by Gasteiger charge is 2.03. The molecule has 0 aliphatic carbocycles. The van der Waals surface area contributed by atoms with Gasteiger partial charge in [-0.15, -0.1) is 12.3 Å². The van der Waals surface area contributed by atoms with Crippen LogP contribution in [0.1, 0.15) is 37.8 Å². The van der Waals surface area contributed by atoms with Gasteiger partial charge < -0.3 is 5.32 Å². The molecule has 2 heteroatoms. The van der Waals surface area contributed by atoms with Crippen LogP contribution in [0.4, 0.5) is 0 Å². The topological polar surface area (TPSA) is 12.0 Å². The maximum atomic E-state index is 5.84. The van der Waals surface area contributed by atoms with Crippen molar-refractivity contribution in [3.05, 3.63) is 34.9 Å². The molecule has 1 N–H and O–H groups in total. The Labute approximate surface area is 103 Å². The summed E-state index contributed by atoms with van der Waals surface area (Å²) in [4.78, 5) is 0. The van der Waals surface area contributed by atoms with Gasteiger partial charge in [0.25, 0.3) is 0 Å². The molecule has 0 spiro atoms. The lowest BCUT2D eigenvalue weighted by Crippen LogP contribution is -2.19. The summed E-state index contributed by atoms with van der Waals surface area (Å²) in [5.74, 6) is 2.65. The van der Waals surface area contributed by atoms with E-state index in [1.54, 1.807) is 0 Å². The highest BCUT2D eigenvalue weighted by atomic mass is 35.5. The lowest BCUT2D eigenvalue weighted by atomic mass is 10.1. The van der Waals surface area contributed by atoms with Gasteiger partial charge in [-0.25, -0.2) is 0 Å². The first-order valence-corrected chi connectivity index (χ1v) is 6.04. The third-order valence-electron chi connectivity index (χ3n) is 2.57. The zero-order valence-corrected chi connectivity index (χ0v) is 10.4. The van der Waals surface area contributed by atoms with Crippen molar-refractivity contribution in [2.45, 2.75) is 32.2 Å². The van der Waals surface area contributed by atoms with Gasteiger partial charge in [0.15, 0.2) is 0 Å². The molecule has 86 valence electrons. The summed E-state index contributed by atoms with van der Waals surface area (Å²) >= 11 is 5.84. The van der Waals surface area contributed by atoms with Crippen molar-refractivity contribution in [3.63, 3.8) is 0 Å². The molecule has 1 rings (SSSR count). The first kappa shape index (κ1) is 13.1. The van der Waals surface area contributed by atoms with E-state index in [1.807, 2.05) is 12.1 Å². The molecule has 0 aliphatic heterocycles. The average Bonchev–Trinajstić information content (AvgIpc) is 2.29. The number of terminal acetylenes is 1. The predicted molar refractivity (Wildman–Crippen MR) is 70.6 cm³/mol. The molecule has 0 saturated heterocycles. The van der Waals surface area contributed by atoms with Gasteiger partial charge in [-0.3, -0.25) is 0 Å². The number of benzene rings is 1. The van der Waals surface area contributed by atoms with Crippen LogP contribution in [0.5, 0.6) is 0 Å². The van der Waals surface area contributed by atoms with Crippen molar-refractivity contribution in [2.75, 3.05) is 6.54 Å². The van der Waals surface area contributed by atoms with Gasteiger partial charge in [0.2, 0.25) is 0 Å². The fourth-order valence-corrected chi connectivity index (χ4v) is 1.67. The minimum absolute atomic E-state index is 0.364. The fourth-order valence-electron chi connectivity index (χ4n) is 1.54. The van der Waals surface area contributed by atoms with Gasteiger partial charge in [-0.05, 0) is 44.0 Å². The molecule has 16 heavy (non-hydrogen) atoms. The molecular weight excluding hydrogens is 218 g/mol. The molecular formula is C14H18ClN. The van der Waals surface area contributed by atoms with Gasteiger partial charge in [0.1, 0.15) is 0 Å². The van der Waals surface area contributed by atoms with Crippen LogP contribution in [-0.4, -0.2) is 6.54 Å². The van der Waals surface area contributed by atoms with Crippen molar-refractivity contribution >= 4 is 11.6 Å². The fraction of sp³-hybridized carbons (Fsp3) is 0.429. The Kier molecular flexibility index (Phi) is 6.00. The first-order chi connectivity index (χ1) is 7.74. The van der Waals surface area contributed by atoms with E-state index in [4.69, 9.17) is 18.0 Å². The van der Waals surface area contributed by atoms with Crippen molar-refractivity contribution in [2.24, 2.45) is 0 Å². The summed E-state index contributed by atoms with van der Waals surface area (Å²) in [6.45, 7) is 3.16. The molecule has 0 aliphatic rings. The van der Waals surface area contributed by atoms with Crippen LogP contribution in [0.3, 0.4) is 0 Å². The second kappa shape index (κ2) is 7.33. The lowest BCUT2D eigenvalue weighted by molar-refractivity contribution is 0.549. The minimum atomic E-state index is 0.364. The number of halogens is 1. The van der Waals surface area contributed by atoms with Crippen LogP contribution < -0.4 is 5.32 Å². The van der Waals surface area contributed by atoms with E-state index in [-0.39, 0.29) is 0 Å². The maximum absolute atomic E-state index is 5.84. The highest BCUT2D eigenvalue weighted by molar-refractivity contribution is 6.30. The van der Waals surface area contributed by atoms with Crippen LogP contribution in [0, 0.1) is 12.3 Å². The van der Waals surface area contributed by atoms with Crippen LogP contribution in [0.2, 0.25) is 5.02 Å². The number of hydrogen-bond donors (Lipinski definition) is 1. The second-order valence-electron chi connectivity index (χ2n) is 3.89. The van der Waals surface area contributed by atoms with Crippen molar-refractivity contribution in [3.8, 4) is 12.3 Å². The molecule has 1 aromatic carbocycles. The van der Waals surface area contributed by atoms with Gasteiger partial charge in [0.05, 0.1) is 0 Å². The summed E-state index contributed by atoms with van der Waals surface area (Å²) in [5, 5.41) is 4.25. The van der Waals surface area contributed by atoms with Gasteiger partial charge in [0, 0.05) is 17.5 Å².